The van der Waals surface area contributed by atoms with E-state index in [4.69, 9.17) is 5.21 Å². The third-order valence-electron chi connectivity index (χ3n) is 4.67. The maximum Gasteiger partial charge on any atom is 0.336 e. The zero-order valence-corrected chi connectivity index (χ0v) is 15.3. The normalized spacial score (nSPS) is 17.6. The van der Waals surface area contributed by atoms with E-state index in [0.29, 0.717) is 29.1 Å². The molecule has 1 unspecified atom stereocenters. The molecule has 1 heterocycles. The number of hydrogen-bond acceptors (Lipinski definition) is 4. The van der Waals surface area contributed by atoms with Gasteiger partial charge in [-0.25, -0.2) is 9.69 Å². The summed E-state index contributed by atoms with van der Waals surface area (Å²) >= 11 is 0. The highest BCUT2D eigenvalue weighted by atomic mass is 16.4. The average molecular weight is 363 g/mol. The summed E-state index contributed by atoms with van der Waals surface area (Å²) in [4.78, 5) is 28.6. The van der Waals surface area contributed by atoms with E-state index in [0.717, 1.165) is 5.56 Å². The summed E-state index contributed by atoms with van der Waals surface area (Å²) in [5.41, 5.74) is 3.30. The van der Waals surface area contributed by atoms with Gasteiger partial charge in [-0.05, 0) is 49.6 Å². The number of oxime groups is 1. The van der Waals surface area contributed by atoms with Crippen molar-refractivity contribution in [1.29, 1.82) is 0 Å². The van der Waals surface area contributed by atoms with Crippen LogP contribution < -0.4 is 9.80 Å². The van der Waals surface area contributed by atoms with Gasteiger partial charge < -0.3 is 5.21 Å². The first-order valence-electron chi connectivity index (χ1n) is 8.64. The second kappa shape index (κ2) is 7.45. The van der Waals surface area contributed by atoms with E-state index in [1.165, 1.54) is 9.80 Å². The van der Waals surface area contributed by atoms with Gasteiger partial charge in [0.25, 0.3) is 5.91 Å². The molecule has 1 atom stereocenters. The quantitative estimate of drug-likeness (QED) is 0.287. The Labute approximate surface area is 158 Å². The second-order valence-corrected chi connectivity index (χ2v) is 6.36. The third-order valence-corrected chi connectivity index (χ3v) is 4.67. The highest BCUT2D eigenvalue weighted by molar-refractivity contribution is 6.28. The largest absolute Gasteiger partial charge is 0.411 e. The van der Waals surface area contributed by atoms with Crippen molar-refractivity contribution in [2.75, 3.05) is 9.80 Å². The molecule has 0 bridgehead atoms. The van der Waals surface area contributed by atoms with E-state index in [9.17, 15) is 9.59 Å². The van der Waals surface area contributed by atoms with E-state index in [2.05, 4.69) is 11.7 Å². The Hall–Kier alpha value is -3.41. The molecule has 27 heavy (non-hydrogen) atoms. The lowest BCUT2D eigenvalue weighted by Crippen LogP contribution is -2.34. The average Bonchev–Trinajstić information content (AvgIpc) is 2.91. The summed E-state index contributed by atoms with van der Waals surface area (Å²) in [7, 11) is 0. The van der Waals surface area contributed by atoms with Gasteiger partial charge in [-0.15, -0.1) is 6.58 Å². The zero-order chi connectivity index (χ0) is 19.6. The van der Waals surface area contributed by atoms with Crippen molar-refractivity contribution in [1.82, 2.24) is 0 Å². The van der Waals surface area contributed by atoms with Crippen LogP contribution >= 0.6 is 0 Å². The second-order valence-electron chi connectivity index (χ2n) is 6.36. The van der Waals surface area contributed by atoms with Crippen LogP contribution in [0, 0.1) is 0 Å². The van der Waals surface area contributed by atoms with Crippen molar-refractivity contribution in [3.8, 4) is 0 Å². The molecule has 0 spiro atoms. The van der Waals surface area contributed by atoms with Gasteiger partial charge in [0.2, 0.25) is 0 Å². The Balaban J connectivity index is 1.98. The molecule has 3 rings (SSSR count). The highest BCUT2D eigenvalue weighted by Gasteiger charge is 2.44. The summed E-state index contributed by atoms with van der Waals surface area (Å²) in [6.45, 7) is 7.15. The fourth-order valence-corrected chi connectivity index (χ4v) is 3.20. The maximum atomic E-state index is 13.1. The molecule has 1 saturated heterocycles. The summed E-state index contributed by atoms with van der Waals surface area (Å²) < 4.78 is 0. The van der Waals surface area contributed by atoms with Crippen LogP contribution in [0.1, 0.15) is 25.0 Å². The summed E-state index contributed by atoms with van der Waals surface area (Å²) in [5.74, 6) is -0.284. The molecular formula is C21H21N3O3. The molecule has 138 valence electrons. The topological polar surface area (TPSA) is 73.2 Å². The number of carbonyl (C=O) groups is 2. The predicted molar refractivity (Wildman–Crippen MR) is 106 cm³/mol. The molecule has 1 N–H and O–H groups in total. The number of hydrogen-bond donors (Lipinski definition) is 1. The van der Waals surface area contributed by atoms with E-state index in [1.54, 1.807) is 44.2 Å². The minimum absolute atomic E-state index is 0.284. The summed E-state index contributed by atoms with van der Waals surface area (Å²) in [5, 5.41) is 12.0. The van der Waals surface area contributed by atoms with Gasteiger partial charge in [0.05, 0.1) is 11.4 Å². The van der Waals surface area contributed by atoms with Gasteiger partial charge >= 0.3 is 6.03 Å². The van der Waals surface area contributed by atoms with E-state index >= 15 is 0 Å². The Morgan fingerprint density at radius 1 is 1.19 bits per heavy atom. The monoisotopic (exact) mass is 363 g/mol. The third kappa shape index (κ3) is 3.21. The van der Waals surface area contributed by atoms with Crippen LogP contribution in [0.5, 0.6) is 0 Å². The lowest BCUT2D eigenvalue weighted by atomic mass is 10.1. The first-order chi connectivity index (χ1) is 13.0. The van der Waals surface area contributed by atoms with Crippen LogP contribution in [0.15, 0.2) is 66.3 Å². The number of anilines is 2. The minimum atomic E-state index is -0.608. The Bertz CT molecular complexity index is 919. The van der Waals surface area contributed by atoms with Gasteiger partial charge in [0.15, 0.2) is 0 Å². The number of urea groups is 1. The van der Waals surface area contributed by atoms with Crippen LogP contribution in [0.25, 0.3) is 0 Å². The van der Waals surface area contributed by atoms with Gasteiger partial charge in [0.1, 0.15) is 6.04 Å². The molecular weight excluding hydrogens is 342 g/mol. The number of rotatable bonds is 5. The first-order valence-corrected chi connectivity index (χ1v) is 8.64. The number of carbonyl (C=O) groups excluding carboxylic acids is 2. The fourth-order valence-electron chi connectivity index (χ4n) is 3.20. The van der Waals surface area contributed by atoms with Crippen LogP contribution in [0.2, 0.25) is 0 Å². The van der Waals surface area contributed by atoms with Gasteiger partial charge in [0, 0.05) is 5.69 Å². The molecule has 6 nitrogen and oxygen atoms in total. The lowest BCUT2D eigenvalue weighted by Gasteiger charge is -2.22. The van der Waals surface area contributed by atoms with Crippen molar-refractivity contribution in [2.45, 2.75) is 26.3 Å². The van der Waals surface area contributed by atoms with Gasteiger partial charge in [-0.1, -0.05) is 41.6 Å². The molecule has 3 amide bonds. The maximum absolute atomic E-state index is 13.1. The van der Waals surface area contributed by atoms with E-state index in [-0.39, 0.29) is 11.9 Å². The van der Waals surface area contributed by atoms with E-state index in [1.807, 2.05) is 24.3 Å². The standard InChI is InChI=1S/C21H21N3O3/c1-4-7-17-8-5-6-9-19(17)23-15(3)20(25)24(21(23)26)18-12-10-16(11-13-18)14(2)22-27/h4-6,8-13,15,27H,1,7H2,2-3H3. The van der Waals surface area contributed by atoms with Crippen molar-refractivity contribution in [2.24, 2.45) is 5.16 Å². The van der Waals surface area contributed by atoms with Crippen LogP contribution in [0.4, 0.5) is 16.2 Å². The predicted octanol–water partition coefficient (Wildman–Crippen LogP) is 3.98. The smallest absolute Gasteiger partial charge is 0.336 e. The van der Waals surface area contributed by atoms with E-state index < -0.39 is 6.04 Å². The SMILES string of the molecule is C=CCc1ccccc1N1C(=O)N(c2ccc(C(C)=NO)cc2)C(=O)C1C. The van der Waals surface area contributed by atoms with Crippen LogP contribution in [-0.4, -0.2) is 28.9 Å². The fraction of sp³-hybridized carbons (Fsp3) is 0.190. The van der Waals surface area contributed by atoms with Crippen LogP contribution in [-0.2, 0) is 11.2 Å². The molecule has 0 aliphatic carbocycles. The lowest BCUT2D eigenvalue weighted by molar-refractivity contribution is -0.117. The number of amides is 3. The van der Waals surface area contributed by atoms with Crippen molar-refractivity contribution in [3.05, 3.63) is 72.3 Å². The molecule has 2 aromatic carbocycles. The Kier molecular flexibility index (Phi) is 5.07. The van der Waals surface area contributed by atoms with Gasteiger partial charge in [-0.2, -0.15) is 0 Å². The highest BCUT2D eigenvalue weighted by Crippen LogP contribution is 2.32. The number of para-hydroxylation sites is 1. The zero-order valence-electron chi connectivity index (χ0n) is 15.3. The van der Waals surface area contributed by atoms with Gasteiger partial charge in [-0.3, -0.25) is 9.69 Å². The minimum Gasteiger partial charge on any atom is -0.411 e. The van der Waals surface area contributed by atoms with Crippen molar-refractivity contribution in [3.63, 3.8) is 0 Å². The summed E-state index contributed by atoms with van der Waals surface area (Å²) in [6, 6.07) is 13.3. The van der Waals surface area contributed by atoms with Crippen LogP contribution in [0.3, 0.4) is 0 Å². The summed E-state index contributed by atoms with van der Waals surface area (Å²) in [6.07, 6.45) is 2.38. The molecule has 2 aromatic rings. The Morgan fingerprint density at radius 3 is 2.48 bits per heavy atom. The number of allylic oxidation sites excluding steroid dienone is 1. The molecule has 1 aliphatic rings. The molecule has 1 fully saturated rings. The Morgan fingerprint density at radius 2 is 1.85 bits per heavy atom. The molecule has 0 saturated carbocycles. The number of nitrogens with zero attached hydrogens (tertiary/aromatic N) is 3. The molecule has 0 aromatic heterocycles. The van der Waals surface area contributed by atoms with Crippen molar-refractivity contribution < 1.29 is 14.8 Å². The van der Waals surface area contributed by atoms with Crippen molar-refractivity contribution >= 4 is 29.0 Å². The molecule has 6 heteroatoms. The number of imide groups is 1. The first kappa shape index (κ1) is 18.4. The molecule has 1 aliphatic heterocycles. The molecule has 0 radical (unpaired) electrons. The number of benzene rings is 2.